The highest BCUT2D eigenvalue weighted by molar-refractivity contribution is 5.92. The smallest absolute Gasteiger partial charge is 0.274 e. The Morgan fingerprint density at radius 1 is 1.07 bits per heavy atom. The van der Waals surface area contributed by atoms with Crippen molar-refractivity contribution in [1.29, 1.82) is 0 Å². The minimum atomic E-state index is -0.188. The van der Waals surface area contributed by atoms with Gasteiger partial charge >= 0.3 is 0 Å². The summed E-state index contributed by atoms with van der Waals surface area (Å²) in [7, 11) is 1.61. The number of methoxy groups -OCH3 is 1. The standard InChI is InChI=1S/C23H33N3O4/c1-5-8-14-26-22(27)12-10-19(24-26)23(28)25(13-6-2)17-18-9-11-20(30-15-7-3)21(16-18)29-4/h9-12,16H,5-8,13-15,17H2,1-4H3. The molecule has 0 aliphatic heterocycles. The first-order chi connectivity index (χ1) is 14.5. The summed E-state index contributed by atoms with van der Waals surface area (Å²) in [6.07, 6.45) is 3.52. The Bertz CT molecular complexity index is 879. The second-order valence-electron chi connectivity index (χ2n) is 7.19. The molecule has 0 aliphatic rings. The monoisotopic (exact) mass is 415 g/mol. The van der Waals surface area contributed by atoms with Crippen molar-refractivity contribution in [3.05, 3.63) is 51.9 Å². The zero-order chi connectivity index (χ0) is 21.9. The van der Waals surface area contributed by atoms with Crippen LogP contribution < -0.4 is 15.0 Å². The summed E-state index contributed by atoms with van der Waals surface area (Å²) in [5.41, 5.74) is 1.04. The first-order valence-corrected chi connectivity index (χ1v) is 10.7. The lowest BCUT2D eigenvalue weighted by Crippen LogP contribution is -2.34. The molecule has 0 unspecified atom stereocenters. The Kier molecular flexibility index (Phi) is 9.38. The first-order valence-electron chi connectivity index (χ1n) is 10.7. The fourth-order valence-electron chi connectivity index (χ4n) is 3.08. The third-order valence-corrected chi connectivity index (χ3v) is 4.65. The van der Waals surface area contributed by atoms with Crippen molar-refractivity contribution in [2.75, 3.05) is 20.3 Å². The van der Waals surface area contributed by atoms with E-state index in [0.29, 0.717) is 37.7 Å². The molecule has 0 aliphatic carbocycles. The van der Waals surface area contributed by atoms with Crippen LogP contribution in [0.1, 0.15) is 62.5 Å². The number of unbranched alkanes of at least 4 members (excludes halogenated alkanes) is 1. The van der Waals surface area contributed by atoms with E-state index in [1.807, 2.05) is 25.1 Å². The van der Waals surface area contributed by atoms with Gasteiger partial charge in [-0.1, -0.05) is 33.3 Å². The van der Waals surface area contributed by atoms with E-state index in [4.69, 9.17) is 9.47 Å². The third kappa shape index (κ3) is 6.34. The summed E-state index contributed by atoms with van der Waals surface area (Å²) in [6.45, 7) is 8.27. The van der Waals surface area contributed by atoms with Crippen molar-refractivity contribution in [2.24, 2.45) is 0 Å². The number of aryl methyl sites for hydroxylation is 1. The van der Waals surface area contributed by atoms with Crippen LogP contribution in [0.5, 0.6) is 11.5 Å². The molecule has 2 rings (SSSR count). The fourth-order valence-corrected chi connectivity index (χ4v) is 3.08. The van der Waals surface area contributed by atoms with Gasteiger partial charge in [-0.15, -0.1) is 0 Å². The molecule has 0 bridgehead atoms. The Balaban J connectivity index is 2.23. The summed E-state index contributed by atoms with van der Waals surface area (Å²) < 4.78 is 12.5. The summed E-state index contributed by atoms with van der Waals surface area (Å²) in [5.74, 6) is 1.16. The number of carbonyl (C=O) groups is 1. The molecule has 0 atom stereocenters. The van der Waals surface area contributed by atoms with Crippen LogP contribution in [0, 0.1) is 0 Å². The Labute approximate surface area is 178 Å². The molecule has 1 aromatic carbocycles. The van der Waals surface area contributed by atoms with Crippen LogP contribution in [-0.4, -0.2) is 40.8 Å². The van der Waals surface area contributed by atoms with Gasteiger partial charge in [0, 0.05) is 25.7 Å². The molecular weight excluding hydrogens is 382 g/mol. The lowest BCUT2D eigenvalue weighted by Gasteiger charge is -2.23. The topological polar surface area (TPSA) is 73.7 Å². The maximum Gasteiger partial charge on any atom is 0.274 e. The molecule has 7 nitrogen and oxygen atoms in total. The van der Waals surface area contributed by atoms with Crippen molar-refractivity contribution >= 4 is 5.91 Å². The van der Waals surface area contributed by atoms with Gasteiger partial charge in [0.15, 0.2) is 11.5 Å². The number of rotatable bonds is 12. The number of aromatic nitrogens is 2. The van der Waals surface area contributed by atoms with Crippen molar-refractivity contribution in [3.63, 3.8) is 0 Å². The van der Waals surface area contributed by atoms with E-state index in [1.165, 1.54) is 16.8 Å². The maximum atomic E-state index is 13.1. The largest absolute Gasteiger partial charge is 0.493 e. The van der Waals surface area contributed by atoms with Crippen LogP contribution in [-0.2, 0) is 13.1 Å². The summed E-state index contributed by atoms with van der Waals surface area (Å²) in [5, 5.41) is 4.30. The molecule has 1 aromatic heterocycles. The number of hydrogen-bond acceptors (Lipinski definition) is 5. The van der Waals surface area contributed by atoms with Crippen molar-refractivity contribution in [2.45, 2.75) is 59.5 Å². The number of ether oxygens (including phenoxy) is 2. The molecule has 7 heteroatoms. The zero-order valence-corrected chi connectivity index (χ0v) is 18.5. The Hall–Kier alpha value is -2.83. The van der Waals surface area contributed by atoms with Crippen LogP contribution in [0.2, 0.25) is 0 Å². The SMILES string of the molecule is CCCCn1nc(C(=O)N(CCC)Cc2ccc(OCCC)c(OC)c2)ccc1=O. The van der Waals surface area contributed by atoms with Crippen LogP contribution in [0.3, 0.4) is 0 Å². The molecule has 1 heterocycles. The number of nitrogens with zero attached hydrogens (tertiary/aromatic N) is 3. The van der Waals surface area contributed by atoms with E-state index in [-0.39, 0.29) is 17.2 Å². The van der Waals surface area contributed by atoms with E-state index in [2.05, 4.69) is 18.9 Å². The maximum absolute atomic E-state index is 13.1. The quantitative estimate of drug-likeness (QED) is 0.526. The predicted octanol–water partition coefficient (Wildman–Crippen LogP) is 3.89. The molecule has 0 saturated carbocycles. The summed E-state index contributed by atoms with van der Waals surface area (Å²) in [6, 6.07) is 8.65. The van der Waals surface area contributed by atoms with Gasteiger partial charge in [-0.25, -0.2) is 4.68 Å². The van der Waals surface area contributed by atoms with E-state index >= 15 is 0 Å². The first kappa shape index (κ1) is 23.4. The molecule has 1 amide bonds. The van der Waals surface area contributed by atoms with Crippen LogP contribution in [0.15, 0.2) is 35.1 Å². The van der Waals surface area contributed by atoms with Crippen LogP contribution >= 0.6 is 0 Å². The van der Waals surface area contributed by atoms with Gasteiger partial charge in [0.25, 0.3) is 11.5 Å². The van der Waals surface area contributed by atoms with Gasteiger partial charge in [-0.3, -0.25) is 9.59 Å². The minimum Gasteiger partial charge on any atom is -0.493 e. The summed E-state index contributed by atoms with van der Waals surface area (Å²) in [4.78, 5) is 26.9. The lowest BCUT2D eigenvalue weighted by atomic mass is 10.1. The Morgan fingerprint density at radius 2 is 1.87 bits per heavy atom. The lowest BCUT2D eigenvalue weighted by molar-refractivity contribution is 0.0734. The highest BCUT2D eigenvalue weighted by Crippen LogP contribution is 2.29. The molecule has 2 aromatic rings. The molecule has 0 saturated heterocycles. The number of hydrogen-bond donors (Lipinski definition) is 0. The van der Waals surface area contributed by atoms with Gasteiger partial charge in [0.05, 0.1) is 13.7 Å². The van der Waals surface area contributed by atoms with E-state index in [0.717, 1.165) is 31.2 Å². The molecule has 0 radical (unpaired) electrons. The second kappa shape index (κ2) is 12.0. The molecular formula is C23H33N3O4. The fraction of sp³-hybridized carbons (Fsp3) is 0.522. The average molecular weight is 416 g/mol. The molecule has 164 valence electrons. The minimum absolute atomic E-state index is 0.186. The normalized spacial score (nSPS) is 10.7. The highest BCUT2D eigenvalue weighted by Gasteiger charge is 2.19. The van der Waals surface area contributed by atoms with Crippen LogP contribution in [0.25, 0.3) is 0 Å². The van der Waals surface area contributed by atoms with E-state index in [1.54, 1.807) is 12.0 Å². The third-order valence-electron chi connectivity index (χ3n) is 4.65. The molecule has 30 heavy (non-hydrogen) atoms. The molecule has 0 spiro atoms. The number of benzene rings is 1. The van der Waals surface area contributed by atoms with Crippen LogP contribution in [0.4, 0.5) is 0 Å². The van der Waals surface area contributed by atoms with E-state index in [9.17, 15) is 9.59 Å². The summed E-state index contributed by atoms with van der Waals surface area (Å²) >= 11 is 0. The van der Waals surface area contributed by atoms with Gasteiger partial charge in [-0.05, 0) is 43.0 Å². The number of carbonyl (C=O) groups excluding carboxylic acids is 1. The Morgan fingerprint density at radius 3 is 2.53 bits per heavy atom. The van der Waals surface area contributed by atoms with Gasteiger partial charge in [-0.2, -0.15) is 5.10 Å². The van der Waals surface area contributed by atoms with Gasteiger partial charge in [0.1, 0.15) is 5.69 Å². The van der Waals surface area contributed by atoms with Gasteiger partial charge in [0.2, 0.25) is 0 Å². The van der Waals surface area contributed by atoms with Gasteiger partial charge < -0.3 is 14.4 Å². The van der Waals surface area contributed by atoms with Crippen molar-refractivity contribution < 1.29 is 14.3 Å². The predicted molar refractivity (Wildman–Crippen MR) is 117 cm³/mol. The van der Waals surface area contributed by atoms with E-state index < -0.39 is 0 Å². The molecule has 0 N–H and O–H groups in total. The average Bonchev–Trinajstić information content (AvgIpc) is 2.76. The van der Waals surface area contributed by atoms with Crippen molar-refractivity contribution in [3.8, 4) is 11.5 Å². The highest BCUT2D eigenvalue weighted by atomic mass is 16.5. The van der Waals surface area contributed by atoms with Crippen molar-refractivity contribution in [1.82, 2.24) is 14.7 Å². The second-order valence-corrected chi connectivity index (χ2v) is 7.19. The zero-order valence-electron chi connectivity index (χ0n) is 18.5. The molecule has 0 fully saturated rings. The number of amides is 1.